The van der Waals surface area contributed by atoms with Crippen molar-refractivity contribution in [2.24, 2.45) is 0 Å². The van der Waals surface area contributed by atoms with Crippen molar-refractivity contribution in [2.75, 3.05) is 7.11 Å². The van der Waals surface area contributed by atoms with E-state index in [0.717, 1.165) is 0 Å². The van der Waals surface area contributed by atoms with Gasteiger partial charge in [0.25, 0.3) is 5.56 Å². The van der Waals surface area contributed by atoms with Gasteiger partial charge in [0.15, 0.2) is 6.10 Å². The van der Waals surface area contributed by atoms with E-state index in [0.29, 0.717) is 18.4 Å². The summed E-state index contributed by atoms with van der Waals surface area (Å²) in [6.07, 6.45) is 1.25. The van der Waals surface area contributed by atoms with Crippen molar-refractivity contribution in [1.82, 2.24) is 9.55 Å². The van der Waals surface area contributed by atoms with E-state index in [4.69, 9.17) is 4.74 Å². The lowest BCUT2D eigenvalue weighted by molar-refractivity contribution is -0.155. The summed E-state index contributed by atoms with van der Waals surface area (Å²) >= 11 is 0. The van der Waals surface area contributed by atoms with E-state index in [-0.39, 0.29) is 0 Å². The van der Waals surface area contributed by atoms with Crippen LogP contribution in [0.4, 0.5) is 0 Å². The molecule has 7 heteroatoms. The Hall–Kier alpha value is -1.89. The average molecular weight is 254 g/mol. The van der Waals surface area contributed by atoms with Crippen LogP contribution in [0.25, 0.3) is 0 Å². The Kier molecular flexibility index (Phi) is 3.33. The number of hydrogen-bond donors (Lipinski definition) is 1. The van der Waals surface area contributed by atoms with E-state index >= 15 is 0 Å². The van der Waals surface area contributed by atoms with Gasteiger partial charge in [-0.25, -0.2) is 9.59 Å². The maximum atomic E-state index is 11.6. The smallest absolute Gasteiger partial charge is 0.335 e. The zero-order valence-electron chi connectivity index (χ0n) is 10.1. The first kappa shape index (κ1) is 12.6. The molecule has 1 N–H and O–H groups in total. The van der Waals surface area contributed by atoms with Gasteiger partial charge in [-0.05, 0) is 19.8 Å². The minimum atomic E-state index is -0.654. The zero-order chi connectivity index (χ0) is 13.3. The standard InChI is InChI=1S/C11H14N2O5/c1-6-5-13(11(16)12-9(6)14)8-4-3-7(18-8)10(15)17-2/h5,7-8H,3-4H2,1-2H3,(H,12,14,16)/t7-,8+/m1/s1. The first-order valence-electron chi connectivity index (χ1n) is 5.58. The summed E-state index contributed by atoms with van der Waals surface area (Å²) in [5.41, 5.74) is -0.542. The van der Waals surface area contributed by atoms with Gasteiger partial charge in [0.2, 0.25) is 0 Å². The van der Waals surface area contributed by atoms with Crippen LogP contribution < -0.4 is 11.2 Å². The second-order valence-corrected chi connectivity index (χ2v) is 4.16. The number of hydrogen-bond acceptors (Lipinski definition) is 5. The van der Waals surface area contributed by atoms with Crippen molar-refractivity contribution < 1.29 is 14.3 Å². The van der Waals surface area contributed by atoms with Gasteiger partial charge in [-0.3, -0.25) is 14.3 Å². The minimum absolute atomic E-state index is 0.416. The molecule has 98 valence electrons. The predicted octanol–water partition coefficient (Wildman–Crippen LogP) is -0.304. The number of esters is 1. The number of H-pyrrole nitrogens is 1. The largest absolute Gasteiger partial charge is 0.467 e. The Morgan fingerprint density at radius 1 is 1.50 bits per heavy atom. The highest BCUT2D eigenvalue weighted by Gasteiger charge is 2.32. The van der Waals surface area contributed by atoms with Gasteiger partial charge in [0, 0.05) is 11.8 Å². The van der Waals surface area contributed by atoms with Gasteiger partial charge < -0.3 is 9.47 Å². The summed E-state index contributed by atoms with van der Waals surface area (Å²) in [5, 5.41) is 0. The summed E-state index contributed by atoms with van der Waals surface area (Å²) < 4.78 is 11.3. The molecule has 0 spiro atoms. The topological polar surface area (TPSA) is 90.4 Å². The number of nitrogens with one attached hydrogen (secondary N) is 1. The van der Waals surface area contributed by atoms with Gasteiger partial charge >= 0.3 is 11.7 Å². The molecule has 0 radical (unpaired) electrons. The fourth-order valence-electron chi connectivity index (χ4n) is 1.93. The summed E-state index contributed by atoms with van der Waals surface area (Å²) in [6, 6.07) is 0. The lowest BCUT2D eigenvalue weighted by atomic mass is 10.2. The summed E-state index contributed by atoms with van der Waals surface area (Å²) in [5.74, 6) is -0.452. The molecule has 0 unspecified atom stereocenters. The Labute approximate surface area is 102 Å². The van der Waals surface area contributed by atoms with Crippen molar-refractivity contribution >= 4 is 5.97 Å². The number of methoxy groups -OCH3 is 1. The van der Waals surface area contributed by atoms with Crippen molar-refractivity contribution in [3.05, 3.63) is 32.6 Å². The number of carbonyl (C=O) groups excluding carboxylic acids is 1. The van der Waals surface area contributed by atoms with Crippen LogP contribution in [0.1, 0.15) is 24.6 Å². The van der Waals surface area contributed by atoms with Gasteiger partial charge in [0.05, 0.1) is 7.11 Å². The first-order chi connectivity index (χ1) is 8.52. The molecule has 0 saturated carbocycles. The summed E-state index contributed by atoms with van der Waals surface area (Å²) in [7, 11) is 1.29. The molecular formula is C11H14N2O5. The monoisotopic (exact) mass is 254 g/mol. The van der Waals surface area contributed by atoms with Gasteiger partial charge in [-0.15, -0.1) is 0 Å². The van der Waals surface area contributed by atoms with E-state index in [1.807, 2.05) is 0 Å². The summed E-state index contributed by atoms with van der Waals surface area (Å²) in [4.78, 5) is 36.4. The highest BCUT2D eigenvalue weighted by Crippen LogP contribution is 2.27. The molecule has 0 bridgehead atoms. The van der Waals surface area contributed by atoms with Crippen LogP contribution in [0.3, 0.4) is 0 Å². The second kappa shape index (κ2) is 4.77. The number of aromatic nitrogens is 2. The number of aryl methyl sites for hydroxylation is 1. The molecule has 1 aromatic rings. The molecule has 1 aliphatic rings. The number of aromatic amines is 1. The predicted molar refractivity (Wildman–Crippen MR) is 61.2 cm³/mol. The number of ether oxygens (including phenoxy) is 2. The molecule has 0 aliphatic carbocycles. The third-order valence-electron chi connectivity index (χ3n) is 2.92. The van der Waals surface area contributed by atoms with E-state index in [2.05, 4.69) is 9.72 Å². The van der Waals surface area contributed by atoms with Crippen molar-refractivity contribution in [3.63, 3.8) is 0 Å². The SMILES string of the molecule is COC(=O)[C@H]1CC[C@@H](n2cc(C)c(=O)[nH]c2=O)O1. The van der Waals surface area contributed by atoms with Crippen LogP contribution >= 0.6 is 0 Å². The molecule has 1 fully saturated rings. The van der Waals surface area contributed by atoms with Gasteiger partial charge in [-0.2, -0.15) is 0 Å². The fourth-order valence-corrected chi connectivity index (χ4v) is 1.93. The van der Waals surface area contributed by atoms with Gasteiger partial charge in [0.1, 0.15) is 6.23 Å². The highest BCUT2D eigenvalue weighted by atomic mass is 16.6. The number of rotatable bonds is 2. The molecule has 7 nitrogen and oxygen atoms in total. The maximum absolute atomic E-state index is 11.6. The highest BCUT2D eigenvalue weighted by molar-refractivity contribution is 5.74. The van der Waals surface area contributed by atoms with Crippen LogP contribution in [0.5, 0.6) is 0 Å². The van der Waals surface area contributed by atoms with Crippen LogP contribution in [0, 0.1) is 6.92 Å². The third kappa shape index (κ3) is 2.21. The Morgan fingerprint density at radius 3 is 2.89 bits per heavy atom. The van der Waals surface area contributed by atoms with Crippen LogP contribution in [0.15, 0.2) is 15.8 Å². The quantitative estimate of drug-likeness (QED) is 0.731. The first-order valence-corrected chi connectivity index (χ1v) is 5.58. The molecule has 2 rings (SSSR count). The van der Waals surface area contributed by atoms with E-state index < -0.39 is 29.6 Å². The lowest BCUT2D eigenvalue weighted by Gasteiger charge is -2.14. The number of nitrogens with zero attached hydrogens (tertiary/aromatic N) is 1. The van der Waals surface area contributed by atoms with Gasteiger partial charge in [-0.1, -0.05) is 0 Å². The van der Waals surface area contributed by atoms with Crippen LogP contribution in [-0.4, -0.2) is 28.7 Å². The molecule has 0 aromatic carbocycles. The fraction of sp³-hybridized carbons (Fsp3) is 0.545. The van der Waals surface area contributed by atoms with E-state index in [9.17, 15) is 14.4 Å². The molecule has 1 saturated heterocycles. The van der Waals surface area contributed by atoms with Crippen LogP contribution in [-0.2, 0) is 14.3 Å². The van der Waals surface area contributed by atoms with E-state index in [1.54, 1.807) is 6.92 Å². The van der Waals surface area contributed by atoms with Crippen LogP contribution in [0.2, 0.25) is 0 Å². The molecular weight excluding hydrogens is 240 g/mol. The number of carbonyl (C=O) groups is 1. The third-order valence-corrected chi connectivity index (χ3v) is 2.92. The van der Waals surface area contributed by atoms with E-state index in [1.165, 1.54) is 17.9 Å². The average Bonchev–Trinajstić information content (AvgIpc) is 2.82. The van der Waals surface area contributed by atoms with Crippen molar-refractivity contribution in [1.29, 1.82) is 0 Å². The molecule has 1 aliphatic heterocycles. The zero-order valence-corrected chi connectivity index (χ0v) is 10.1. The normalized spacial score (nSPS) is 23.0. The second-order valence-electron chi connectivity index (χ2n) is 4.16. The maximum Gasteiger partial charge on any atom is 0.335 e. The molecule has 18 heavy (non-hydrogen) atoms. The minimum Gasteiger partial charge on any atom is -0.467 e. The van der Waals surface area contributed by atoms with Crippen molar-refractivity contribution in [3.8, 4) is 0 Å². The Bertz CT molecular complexity index is 574. The molecule has 0 amide bonds. The Morgan fingerprint density at radius 2 is 2.22 bits per heavy atom. The van der Waals surface area contributed by atoms with Crippen molar-refractivity contribution in [2.45, 2.75) is 32.1 Å². The lowest BCUT2D eigenvalue weighted by Crippen LogP contribution is -2.33. The molecule has 2 heterocycles. The Balaban J connectivity index is 2.25. The summed E-state index contributed by atoms with van der Waals surface area (Å²) in [6.45, 7) is 1.60. The molecule has 2 atom stereocenters. The molecule has 1 aromatic heterocycles.